The SMILES string of the molecule is COc1noc(OC)c1S(=O)(=O)N1C[C@H](c2ccccc2)[C@@H]([N+]2(c3cc(C)ccc3C)CCN(C(=O)C3(OC(=O)C(F)(F)F)CN(C=O)CC[N@+]3(c3cc(C)ccc3C)[C@H]3CN(S(=O)(=O)c4c(OC)noc4OC)C[C@@H]3c3ccccc3)CC2)C1. The smallest absolute Gasteiger partial charge is 0.478 e. The Morgan fingerprint density at radius 3 is 1.58 bits per heavy atom. The van der Waals surface area contributed by atoms with Crippen LogP contribution in [0.15, 0.2) is 116 Å². The van der Waals surface area contributed by atoms with E-state index in [0.717, 1.165) is 31.6 Å². The highest BCUT2D eigenvalue weighted by molar-refractivity contribution is 7.89. The minimum atomic E-state index is -5.70. The van der Waals surface area contributed by atoms with Gasteiger partial charge < -0.3 is 42.5 Å². The number of benzene rings is 4. The minimum Gasteiger partial charge on any atom is -0.478 e. The van der Waals surface area contributed by atoms with E-state index in [1.165, 1.54) is 37.6 Å². The van der Waals surface area contributed by atoms with E-state index in [9.17, 15) is 9.59 Å². The molecule has 0 aliphatic carbocycles. The second kappa shape index (κ2) is 23.0. The van der Waals surface area contributed by atoms with E-state index in [0.29, 0.717) is 23.1 Å². The lowest BCUT2D eigenvalue weighted by atomic mass is 9.85. The van der Waals surface area contributed by atoms with Gasteiger partial charge in [0.15, 0.2) is 0 Å². The highest BCUT2D eigenvalue weighted by Crippen LogP contribution is 2.52. The van der Waals surface area contributed by atoms with E-state index in [1.54, 1.807) is 62.4 Å². The molecular weight excluding hydrogens is 1150 g/mol. The van der Waals surface area contributed by atoms with Crippen molar-refractivity contribution in [3.63, 3.8) is 0 Å². The Morgan fingerprint density at radius 2 is 1.11 bits per heavy atom. The van der Waals surface area contributed by atoms with Crippen LogP contribution >= 0.6 is 0 Å². The zero-order valence-corrected chi connectivity index (χ0v) is 49.8. The summed E-state index contributed by atoms with van der Waals surface area (Å²) < 4.78 is 146. The molecule has 10 rings (SSSR count). The molecule has 85 heavy (non-hydrogen) atoms. The molecule has 4 fully saturated rings. The fourth-order valence-corrected chi connectivity index (χ4v) is 16.8. The van der Waals surface area contributed by atoms with Crippen molar-refractivity contribution < 1.29 is 77.1 Å². The minimum absolute atomic E-state index is 0.0384. The summed E-state index contributed by atoms with van der Waals surface area (Å²) in [7, 11) is -4.40. The molecule has 27 heteroatoms. The normalized spacial score (nSPS) is 24.0. The van der Waals surface area contributed by atoms with Crippen LogP contribution in [0.1, 0.15) is 45.2 Å². The van der Waals surface area contributed by atoms with Crippen molar-refractivity contribution in [1.82, 2.24) is 37.7 Å². The van der Waals surface area contributed by atoms with Crippen molar-refractivity contribution in [2.45, 2.75) is 73.3 Å². The van der Waals surface area contributed by atoms with Crippen LogP contribution < -0.4 is 27.9 Å². The van der Waals surface area contributed by atoms with E-state index >= 15 is 34.8 Å². The van der Waals surface area contributed by atoms with Gasteiger partial charge >= 0.3 is 35.7 Å². The summed E-state index contributed by atoms with van der Waals surface area (Å²) >= 11 is 0. The summed E-state index contributed by atoms with van der Waals surface area (Å²) in [6.07, 6.45) is -5.31. The number of aromatic nitrogens is 2. The van der Waals surface area contributed by atoms with Gasteiger partial charge in [-0.25, -0.2) is 26.1 Å². The molecule has 4 aliphatic rings. The van der Waals surface area contributed by atoms with Gasteiger partial charge in [0.1, 0.15) is 49.6 Å². The van der Waals surface area contributed by atoms with Gasteiger partial charge in [-0.3, -0.25) is 14.1 Å². The van der Waals surface area contributed by atoms with Gasteiger partial charge in [-0.15, -0.1) is 0 Å². The van der Waals surface area contributed by atoms with Gasteiger partial charge in [-0.1, -0.05) is 84.9 Å². The summed E-state index contributed by atoms with van der Waals surface area (Å²) in [5, 5.41) is 7.59. The molecular formula is C58H67F3N8O14S2+2. The molecule has 2 amide bonds. The predicted octanol–water partition coefficient (Wildman–Crippen LogP) is 6.08. The zero-order chi connectivity index (χ0) is 61.0. The van der Waals surface area contributed by atoms with E-state index < -0.39 is 107 Å². The number of hydrogen-bond donors (Lipinski definition) is 0. The molecule has 4 saturated heterocycles. The first-order valence-electron chi connectivity index (χ1n) is 27.4. The third kappa shape index (κ3) is 10.2. The van der Waals surface area contributed by atoms with E-state index in [4.69, 9.17) is 32.7 Å². The quantitative estimate of drug-likeness (QED) is 0.0573. The van der Waals surface area contributed by atoms with Gasteiger partial charge in [-0.05, 0) is 60.3 Å². The van der Waals surface area contributed by atoms with Crippen LogP contribution in [0.3, 0.4) is 0 Å². The Hall–Kier alpha value is -7.56. The molecule has 0 saturated carbocycles. The summed E-state index contributed by atoms with van der Waals surface area (Å²) in [5.41, 5.74) is 2.17. The maximum atomic E-state index is 16.9. The summed E-state index contributed by atoms with van der Waals surface area (Å²) in [5.74, 6) is -6.90. The number of carbonyl (C=O) groups excluding carboxylic acids is 3. The Morgan fingerprint density at radius 1 is 0.635 bits per heavy atom. The number of methoxy groups -OCH3 is 4. The number of halogens is 3. The third-order valence-electron chi connectivity index (χ3n) is 17.5. The second-order valence-electron chi connectivity index (χ2n) is 22.0. The van der Waals surface area contributed by atoms with Crippen LogP contribution in [0.5, 0.6) is 23.7 Å². The number of esters is 1. The summed E-state index contributed by atoms with van der Waals surface area (Å²) in [6, 6.07) is 27.3. The molecule has 22 nitrogen and oxygen atoms in total. The maximum Gasteiger partial charge on any atom is 0.491 e. The number of quaternary nitrogens is 2. The number of piperazine rings is 2. The molecule has 4 aromatic carbocycles. The van der Waals surface area contributed by atoms with Gasteiger partial charge in [0.2, 0.25) is 16.2 Å². The van der Waals surface area contributed by atoms with Crippen LogP contribution in [0, 0.1) is 27.7 Å². The van der Waals surface area contributed by atoms with Crippen LogP contribution in [0.4, 0.5) is 24.5 Å². The fourth-order valence-electron chi connectivity index (χ4n) is 13.6. The van der Waals surface area contributed by atoms with Crippen molar-refractivity contribution in [2.24, 2.45) is 0 Å². The van der Waals surface area contributed by atoms with E-state index in [2.05, 4.69) is 10.3 Å². The molecule has 0 spiro atoms. The highest BCUT2D eigenvalue weighted by atomic mass is 32.2. The molecule has 0 radical (unpaired) electrons. The average Bonchev–Trinajstić information content (AvgIpc) is 1.66. The number of nitrogens with zero attached hydrogens (tertiary/aromatic N) is 8. The predicted molar refractivity (Wildman–Crippen MR) is 302 cm³/mol. The standard InChI is InChI=1S/C58H67F3N8O14S2/c1-37-19-21-39(3)45(29-37)68(47-33-66(31-43(47)41-15-11-9-12-16-41)84(73,74)49-51(77-5)62-82-53(49)79-7)26-24-65(25-27-68)55(71)57(81-56(72)58(59,60)61)35-64(36-70)23-28-69(57,46-30-38(2)20-22-40(46)4)48-34-67(32-44(48)42-17-13-10-14-18-42)85(75,76)50-52(78-6)63-83-54(50)80-8/h9-22,29-30,36,43-44,47-48H,23-28,31-35H2,1-8H3/q+2/t43-,44-,47+,48+,57?,69+/m1/s1. The van der Waals surface area contributed by atoms with Crippen molar-refractivity contribution in [2.75, 3.05) is 100 Å². The maximum absolute atomic E-state index is 16.9. The molecule has 6 aromatic rings. The Kier molecular flexibility index (Phi) is 16.4. The van der Waals surface area contributed by atoms with Crippen molar-refractivity contribution in [3.8, 4) is 23.7 Å². The number of rotatable bonds is 17. The van der Waals surface area contributed by atoms with Gasteiger partial charge in [0.25, 0.3) is 31.8 Å². The number of sulfonamides is 2. The lowest BCUT2D eigenvalue weighted by molar-refractivity contribution is -0.242. The largest absolute Gasteiger partial charge is 0.491 e. The first-order valence-corrected chi connectivity index (χ1v) is 30.3. The highest BCUT2D eigenvalue weighted by Gasteiger charge is 2.73. The molecule has 2 aromatic heterocycles. The first-order chi connectivity index (χ1) is 40.5. The van der Waals surface area contributed by atoms with Gasteiger partial charge in [0, 0.05) is 36.3 Å². The summed E-state index contributed by atoms with van der Waals surface area (Å²) in [4.78, 5) is 45.9. The van der Waals surface area contributed by atoms with Crippen LogP contribution in [0.25, 0.3) is 0 Å². The van der Waals surface area contributed by atoms with Crippen LogP contribution in [-0.2, 0) is 39.2 Å². The van der Waals surface area contributed by atoms with Crippen molar-refractivity contribution in [3.05, 3.63) is 130 Å². The van der Waals surface area contributed by atoms with Crippen molar-refractivity contribution >= 4 is 49.7 Å². The monoisotopic (exact) mass is 1220 g/mol. The molecule has 4 aliphatic heterocycles. The third-order valence-corrected chi connectivity index (χ3v) is 21.2. The molecule has 6 heterocycles. The molecule has 0 bridgehead atoms. The molecule has 6 atom stereocenters. The van der Waals surface area contributed by atoms with Crippen molar-refractivity contribution in [1.29, 1.82) is 0 Å². The number of hydrogen-bond acceptors (Lipinski definition) is 16. The Balaban J connectivity index is 1.16. The lowest BCUT2D eigenvalue weighted by Crippen LogP contribution is -2.85. The Bertz CT molecular complexity index is 3670. The zero-order valence-electron chi connectivity index (χ0n) is 48.1. The fraction of sp³-hybridized carbons (Fsp3) is 0.431. The first kappa shape index (κ1) is 60.6. The number of amides is 2. The van der Waals surface area contributed by atoms with Gasteiger partial charge in [-0.2, -0.15) is 21.8 Å². The Labute approximate surface area is 490 Å². The van der Waals surface area contributed by atoms with Crippen LogP contribution in [0.2, 0.25) is 0 Å². The summed E-state index contributed by atoms with van der Waals surface area (Å²) in [6.45, 7) is 4.60. The molecule has 0 N–H and O–H groups in total. The number of carbonyl (C=O) groups is 3. The number of aryl methyl sites for hydroxylation is 4. The van der Waals surface area contributed by atoms with E-state index in [1.807, 2.05) is 62.4 Å². The second-order valence-corrected chi connectivity index (χ2v) is 25.8. The van der Waals surface area contributed by atoms with Crippen LogP contribution in [-0.4, -0.2) is 188 Å². The topological polar surface area (TPSA) is 231 Å². The van der Waals surface area contributed by atoms with Gasteiger partial charge in [0.05, 0.1) is 73.0 Å². The molecule has 454 valence electrons. The number of ether oxygens (including phenoxy) is 5. The lowest BCUT2D eigenvalue weighted by Gasteiger charge is -2.59. The molecule has 1 unspecified atom stereocenters. The van der Waals surface area contributed by atoms with E-state index in [-0.39, 0.29) is 80.9 Å². The number of alkyl halides is 3. The average molecular weight is 1220 g/mol.